The van der Waals surface area contributed by atoms with Gasteiger partial charge in [0.1, 0.15) is 14.0 Å². The molecule has 1 unspecified atom stereocenters. The third-order valence-corrected chi connectivity index (χ3v) is 7.70. The third kappa shape index (κ3) is 8.02. The second-order valence-electron chi connectivity index (χ2n) is 5.98. The van der Waals surface area contributed by atoms with Gasteiger partial charge in [-0.3, -0.25) is 4.99 Å². The molecule has 11 heteroatoms. The van der Waals surface area contributed by atoms with Gasteiger partial charge in [-0.25, -0.2) is 16.8 Å². The first-order valence-electron chi connectivity index (χ1n) is 8.28. The van der Waals surface area contributed by atoms with Crippen LogP contribution in [0.1, 0.15) is 20.3 Å². The lowest BCUT2D eigenvalue weighted by Gasteiger charge is -2.18. The molecule has 0 spiro atoms. The Balaban J connectivity index is 2.60. The Labute approximate surface area is 160 Å². The number of rotatable bonds is 10. The van der Waals surface area contributed by atoms with Crippen molar-refractivity contribution in [3.63, 3.8) is 0 Å². The minimum Gasteiger partial charge on any atom is -0.357 e. The summed E-state index contributed by atoms with van der Waals surface area (Å²) in [5.41, 5.74) is 0. The number of sulfonamides is 1. The van der Waals surface area contributed by atoms with Crippen LogP contribution >= 0.6 is 11.3 Å². The minimum absolute atomic E-state index is 0.0740. The molecule has 0 radical (unpaired) electrons. The number of sulfone groups is 1. The first kappa shape index (κ1) is 22.9. The molecule has 2 N–H and O–H groups in total. The molecule has 0 fully saturated rings. The maximum atomic E-state index is 12.4. The molecule has 1 atom stereocenters. The molecule has 1 heterocycles. The summed E-state index contributed by atoms with van der Waals surface area (Å²) in [5, 5.41) is 7.94. The average molecular weight is 425 g/mol. The predicted molar refractivity (Wildman–Crippen MR) is 107 cm³/mol. The van der Waals surface area contributed by atoms with Crippen LogP contribution in [0.5, 0.6) is 0 Å². The van der Waals surface area contributed by atoms with Gasteiger partial charge in [0, 0.05) is 32.4 Å². The number of nitrogens with one attached hydrogen (secondary N) is 2. The van der Waals surface area contributed by atoms with Crippen molar-refractivity contribution in [3.8, 4) is 0 Å². The lowest BCUT2D eigenvalue weighted by atomic mass is 10.3. The van der Waals surface area contributed by atoms with Crippen molar-refractivity contribution in [3.05, 3.63) is 17.5 Å². The van der Waals surface area contributed by atoms with E-state index in [0.29, 0.717) is 23.1 Å². The number of likely N-dealkylation sites (N-methyl/N-ethyl adjacent to an activating group) is 1. The van der Waals surface area contributed by atoms with Crippen molar-refractivity contribution in [1.82, 2.24) is 14.9 Å². The van der Waals surface area contributed by atoms with Crippen molar-refractivity contribution < 1.29 is 16.8 Å². The summed E-state index contributed by atoms with van der Waals surface area (Å²) < 4.78 is 48.8. The highest BCUT2D eigenvalue weighted by atomic mass is 32.2. The summed E-state index contributed by atoms with van der Waals surface area (Å²) in [6, 6.07) is 3.21. The van der Waals surface area contributed by atoms with E-state index >= 15 is 0 Å². The molecular formula is C15H28N4O4S3. The van der Waals surface area contributed by atoms with Crippen LogP contribution in [0.4, 0.5) is 0 Å². The van der Waals surface area contributed by atoms with Gasteiger partial charge in [0.15, 0.2) is 5.96 Å². The minimum atomic E-state index is -3.48. The van der Waals surface area contributed by atoms with Crippen molar-refractivity contribution >= 4 is 37.2 Å². The molecule has 1 aromatic heterocycles. The first-order valence-corrected chi connectivity index (χ1v) is 12.7. The number of hydrogen-bond acceptors (Lipinski definition) is 6. The molecule has 0 aliphatic rings. The maximum Gasteiger partial charge on any atom is 0.252 e. The summed E-state index contributed by atoms with van der Waals surface area (Å²) in [4.78, 5) is 4.37. The zero-order chi connectivity index (χ0) is 19.8. The van der Waals surface area contributed by atoms with Crippen molar-refractivity contribution in [2.45, 2.75) is 30.5 Å². The van der Waals surface area contributed by atoms with Crippen LogP contribution in [0.25, 0.3) is 0 Å². The Morgan fingerprint density at radius 1 is 1.35 bits per heavy atom. The normalized spacial score (nSPS) is 14.4. The molecule has 8 nitrogen and oxygen atoms in total. The maximum absolute atomic E-state index is 12.4. The van der Waals surface area contributed by atoms with Crippen LogP contribution in [-0.2, 0) is 19.9 Å². The number of nitrogens with zero attached hydrogens (tertiary/aromatic N) is 2. The van der Waals surface area contributed by atoms with Gasteiger partial charge in [0.05, 0.1) is 12.3 Å². The molecule has 1 rings (SSSR count). The second kappa shape index (κ2) is 10.2. The third-order valence-electron chi connectivity index (χ3n) is 3.49. The Kier molecular flexibility index (Phi) is 9.01. The van der Waals surface area contributed by atoms with Crippen LogP contribution in [0.2, 0.25) is 0 Å². The van der Waals surface area contributed by atoms with Gasteiger partial charge in [0.25, 0.3) is 10.0 Å². The lowest BCUT2D eigenvalue weighted by Crippen LogP contribution is -2.43. The molecule has 150 valence electrons. The van der Waals surface area contributed by atoms with Crippen molar-refractivity contribution in [1.29, 1.82) is 0 Å². The number of thiophene rings is 1. The quantitative estimate of drug-likeness (QED) is 0.424. The van der Waals surface area contributed by atoms with Crippen molar-refractivity contribution in [2.75, 3.05) is 38.7 Å². The lowest BCUT2D eigenvalue weighted by molar-refractivity contribution is 0.478. The van der Waals surface area contributed by atoms with Crippen molar-refractivity contribution in [2.24, 2.45) is 4.99 Å². The van der Waals surface area contributed by atoms with Crippen LogP contribution < -0.4 is 10.6 Å². The van der Waals surface area contributed by atoms with Gasteiger partial charge in [-0.1, -0.05) is 6.07 Å². The highest BCUT2D eigenvalue weighted by Crippen LogP contribution is 2.19. The summed E-state index contributed by atoms with van der Waals surface area (Å²) >= 11 is 1.18. The van der Waals surface area contributed by atoms with Gasteiger partial charge in [-0.15, -0.1) is 11.3 Å². The Hall–Kier alpha value is -1.17. The van der Waals surface area contributed by atoms with Gasteiger partial charge in [0.2, 0.25) is 0 Å². The first-order chi connectivity index (χ1) is 12.1. The monoisotopic (exact) mass is 424 g/mol. The molecule has 0 bridgehead atoms. The SMILES string of the molecule is CCNC(=NCCN(C)S(=O)(=O)c1cccs1)NC(C)CCS(C)(=O)=O. The highest BCUT2D eigenvalue weighted by Gasteiger charge is 2.21. The van der Waals surface area contributed by atoms with E-state index in [0.717, 1.165) is 0 Å². The fourth-order valence-corrected chi connectivity index (χ4v) is 5.15. The topological polar surface area (TPSA) is 108 Å². The van der Waals surface area contributed by atoms with E-state index in [1.165, 1.54) is 28.9 Å². The smallest absolute Gasteiger partial charge is 0.252 e. The fourth-order valence-electron chi connectivity index (χ4n) is 2.00. The van der Waals surface area contributed by atoms with E-state index in [1.807, 2.05) is 13.8 Å². The van der Waals surface area contributed by atoms with E-state index in [9.17, 15) is 16.8 Å². The zero-order valence-electron chi connectivity index (χ0n) is 15.6. The molecular weight excluding hydrogens is 396 g/mol. The molecule has 0 aromatic carbocycles. The van der Waals surface area contributed by atoms with E-state index in [2.05, 4.69) is 15.6 Å². The number of aliphatic imine (C=N–C) groups is 1. The van der Waals surface area contributed by atoms with Crippen LogP contribution in [0.15, 0.2) is 26.7 Å². The Morgan fingerprint density at radius 3 is 2.58 bits per heavy atom. The van der Waals surface area contributed by atoms with E-state index in [1.54, 1.807) is 17.5 Å². The molecule has 0 aliphatic heterocycles. The number of hydrogen-bond donors (Lipinski definition) is 2. The Bertz CT molecular complexity index is 774. The largest absolute Gasteiger partial charge is 0.357 e. The zero-order valence-corrected chi connectivity index (χ0v) is 18.0. The molecule has 0 amide bonds. The van der Waals surface area contributed by atoms with E-state index in [-0.39, 0.29) is 24.9 Å². The fraction of sp³-hybridized carbons (Fsp3) is 0.667. The molecule has 26 heavy (non-hydrogen) atoms. The summed E-state index contributed by atoms with van der Waals surface area (Å²) in [6.07, 6.45) is 1.68. The molecule has 0 saturated heterocycles. The van der Waals surface area contributed by atoms with Gasteiger partial charge in [-0.05, 0) is 31.7 Å². The number of guanidine groups is 1. The Morgan fingerprint density at radius 2 is 2.04 bits per heavy atom. The molecule has 0 aliphatic carbocycles. The average Bonchev–Trinajstić information content (AvgIpc) is 3.07. The summed E-state index contributed by atoms with van der Waals surface area (Å²) in [6.45, 7) is 4.98. The second-order valence-corrected chi connectivity index (χ2v) is 11.5. The van der Waals surface area contributed by atoms with E-state index < -0.39 is 19.9 Å². The standard InChI is InChI=1S/C15H28N4O4S3/c1-5-16-15(18-13(2)8-12-25(4,20)21)17-9-10-19(3)26(22,23)14-7-6-11-24-14/h6-7,11,13H,5,8-10,12H2,1-4H3,(H2,16,17,18). The molecule has 0 saturated carbocycles. The predicted octanol–water partition coefficient (Wildman–Crippen LogP) is 0.747. The summed E-state index contributed by atoms with van der Waals surface area (Å²) in [7, 11) is -4.96. The molecule has 1 aromatic rings. The van der Waals surface area contributed by atoms with Crippen LogP contribution in [0.3, 0.4) is 0 Å². The van der Waals surface area contributed by atoms with Crippen LogP contribution in [-0.4, -0.2) is 71.8 Å². The van der Waals surface area contributed by atoms with Gasteiger partial charge < -0.3 is 10.6 Å². The van der Waals surface area contributed by atoms with Gasteiger partial charge >= 0.3 is 0 Å². The van der Waals surface area contributed by atoms with Crippen LogP contribution in [0, 0.1) is 0 Å². The van der Waals surface area contributed by atoms with E-state index in [4.69, 9.17) is 0 Å². The summed E-state index contributed by atoms with van der Waals surface area (Å²) in [5.74, 6) is 0.637. The van der Waals surface area contributed by atoms with Gasteiger partial charge in [-0.2, -0.15) is 4.31 Å². The highest BCUT2D eigenvalue weighted by molar-refractivity contribution is 7.91.